The van der Waals surface area contributed by atoms with E-state index in [0.717, 1.165) is 17.6 Å². The number of aldehydes is 1. The minimum atomic E-state index is 0.634. The van der Waals surface area contributed by atoms with Crippen LogP contribution < -0.4 is 0 Å². The zero-order chi connectivity index (χ0) is 9.54. The molecule has 2 aromatic heterocycles. The van der Waals surface area contributed by atoms with Gasteiger partial charge in [0.2, 0.25) is 0 Å². The van der Waals surface area contributed by atoms with E-state index < -0.39 is 0 Å². The number of hydrogen-bond donors (Lipinski definition) is 0. The number of rotatable bonds is 2. The summed E-state index contributed by atoms with van der Waals surface area (Å²) in [5.41, 5.74) is 2.66. The van der Waals surface area contributed by atoms with Gasteiger partial charge in [-0.25, -0.2) is 4.98 Å². The molecule has 2 aromatic rings. The number of carbonyl (C=O) groups is 1. The molecule has 0 bridgehead atoms. The van der Waals surface area contributed by atoms with Crippen LogP contribution in [0.3, 0.4) is 0 Å². The summed E-state index contributed by atoms with van der Waals surface area (Å²) in [5.74, 6) is 0.634. The van der Waals surface area contributed by atoms with E-state index in [9.17, 15) is 4.79 Å². The Morgan fingerprint density at radius 2 is 2.29 bits per heavy atom. The van der Waals surface area contributed by atoms with Gasteiger partial charge in [-0.1, -0.05) is 6.07 Å². The van der Waals surface area contributed by atoms with E-state index in [1.165, 1.54) is 12.8 Å². The SMILES string of the molecule is O=Cc1cccc2nc(C3CC3)cn12. The molecule has 14 heavy (non-hydrogen) atoms. The fraction of sp³-hybridized carbons (Fsp3) is 0.273. The second-order valence-electron chi connectivity index (χ2n) is 3.74. The summed E-state index contributed by atoms with van der Waals surface area (Å²) in [5, 5.41) is 0. The predicted octanol–water partition coefficient (Wildman–Crippen LogP) is 2.02. The number of pyridine rings is 1. The smallest absolute Gasteiger partial charge is 0.166 e. The molecule has 0 N–H and O–H groups in total. The van der Waals surface area contributed by atoms with E-state index in [-0.39, 0.29) is 0 Å². The quantitative estimate of drug-likeness (QED) is 0.672. The molecule has 3 nitrogen and oxygen atoms in total. The molecule has 0 radical (unpaired) electrons. The van der Waals surface area contributed by atoms with Gasteiger partial charge in [-0.2, -0.15) is 0 Å². The molecule has 1 aliphatic rings. The lowest BCUT2D eigenvalue weighted by Gasteiger charge is -1.94. The Bertz CT molecular complexity index is 497. The zero-order valence-electron chi connectivity index (χ0n) is 7.68. The van der Waals surface area contributed by atoms with Crippen LogP contribution in [0.2, 0.25) is 0 Å². The zero-order valence-corrected chi connectivity index (χ0v) is 7.68. The van der Waals surface area contributed by atoms with Crippen LogP contribution >= 0.6 is 0 Å². The standard InChI is InChI=1S/C11H10N2O/c14-7-9-2-1-3-11-12-10(6-13(9)11)8-4-5-8/h1-3,6-8H,4-5H2. The van der Waals surface area contributed by atoms with Gasteiger partial charge >= 0.3 is 0 Å². The van der Waals surface area contributed by atoms with Gasteiger partial charge in [-0.15, -0.1) is 0 Å². The van der Waals surface area contributed by atoms with Gasteiger partial charge in [0.25, 0.3) is 0 Å². The minimum absolute atomic E-state index is 0.634. The second-order valence-corrected chi connectivity index (χ2v) is 3.74. The lowest BCUT2D eigenvalue weighted by atomic mass is 10.3. The van der Waals surface area contributed by atoms with Crippen molar-refractivity contribution in [3.63, 3.8) is 0 Å². The van der Waals surface area contributed by atoms with E-state index in [2.05, 4.69) is 4.98 Å². The van der Waals surface area contributed by atoms with Crippen molar-refractivity contribution >= 4 is 11.9 Å². The average molecular weight is 186 g/mol. The highest BCUT2D eigenvalue weighted by Gasteiger charge is 2.26. The van der Waals surface area contributed by atoms with Crippen molar-refractivity contribution in [1.29, 1.82) is 0 Å². The summed E-state index contributed by atoms with van der Waals surface area (Å²) in [6, 6.07) is 5.60. The minimum Gasteiger partial charge on any atom is -0.297 e. The summed E-state index contributed by atoms with van der Waals surface area (Å²) in [6.07, 6.45) is 5.32. The highest BCUT2D eigenvalue weighted by Crippen LogP contribution is 2.39. The molecule has 0 saturated heterocycles. The summed E-state index contributed by atoms with van der Waals surface area (Å²) >= 11 is 0. The van der Waals surface area contributed by atoms with Gasteiger partial charge in [-0.05, 0) is 25.0 Å². The first-order chi connectivity index (χ1) is 6.88. The molecule has 0 unspecified atom stereocenters. The lowest BCUT2D eigenvalue weighted by Crippen LogP contribution is -1.91. The third kappa shape index (κ3) is 1.05. The summed E-state index contributed by atoms with van der Waals surface area (Å²) in [7, 11) is 0. The molecule has 1 aliphatic carbocycles. The van der Waals surface area contributed by atoms with Crippen molar-refractivity contribution in [1.82, 2.24) is 9.38 Å². The molecule has 0 aromatic carbocycles. The van der Waals surface area contributed by atoms with Gasteiger partial charge in [0, 0.05) is 12.1 Å². The van der Waals surface area contributed by atoms with E-state index in [1.807, 2.05) is 22.7 Å². The number of hydrogen-bond acceptors (Lipinski definition) is 2. The Kier molecular flexibility index (Phi) is 1.48. The van der Waals surface area contributed by atoms with Gasteiger partial charge in [0.1, 0.15) is 5.65 Å². The van der Waals surface area contributed by atoms with Crippen molar-refractivity contribution in [2.45, 2.75) is 18.8 Å². The normalized spacial score (nSPS) is 16.0. The van der Waals surface area contributed by atoms with E-state index in [0.29, 0.717) is 11.6 Å². The second kappa shape index (κ2) is 2.67. The van der Waals surface area contributed by atoms with Crippen LogP contribution in [0.25, 0.3) is 5.65 Å². The lowest BCUT2D eigenvalue weighted by molar-refractivity contribution is 0.111. The largest absolute Gasteiger partial charge is 0.297 e. The van der Waals surface area contributed by atoms with Crippen LogP contribution in [-0.2, 0) is 0 Å². The first kappa shape index (κ1) is 7.74. The Balaban J connectivity index is 2.25. The van der Waals surface area contributed by atoms with Crippen LogP contribution in [-0.4, -0.2) is 15.7 Å². The molecule has 2 heterocycles. The van der Waals surface area contributed by atoms with Gasteiger partial charge in [-0.3, -0.25) is 9.20 Å². The summed E-state index contributed by atoms with van der Waals surface area (Å²) < 4.78 is 1.86. The molecular formula is C11H10N2O. The Labute approximate surface area is 81.4 Å². The molecule has 1 fully saturated rings. The number of fused-ring (bicyclic) bond motifs is 1. The van der Waals surface area contributed by atoms with Gasteiger partial charge < -0.3 is 0 Å². The molecule has 3 rings (SSSR count). The Morgan fingerprint density at radius 1 is 1.43 bits per heavy atom. The van der Waals surface area contributed by atoms with Crippen molar-refractivity contribution in [3.05, 3.63) is 35.8 Å². The van der Waals surface area contributed by atoms with E-state index in [4.69, 9.17) is 0 Å². The Morgan fingerprint density at radius 3 is 3.00 bits per heavy atom. The fourth-order valence-corrected chi connectivity index (χ4v) is 1.72. The van der Waals surface area contributed by atoms with Crippen LogP contribution in [0.15, 0.2) is 24.4 Å². The van der Waals surface area contributed by atoms with E-state index >= 15 is 0 Å². The molecule has 0 atom stereocenters. The maximum atomic E-state index is 10.8. The molecule has 1 saturated carbocycles. The molecule has 0 aliphatic heterocycles. The summed E-state index contributed by atoms with van der Waals surface area (Å²) in [6.45, 7) is 0. The number of aromatic nitrogens is 2. The molecule has 0 amide bonds. The van der Waals surface area contributed by atoms with Crippen LogP contribution in [0.5, 0.6) is 0 Å². The summed E-state index contributed by atoms with van der Waals surface area (Å²) in [4.78, 5) is 15.3. The maximum absolute atomic E-state index is 10.8. The first-order valence-electron chi connectivity index (χ1n) is 4.81. The van der Waals surface area contributed by atoms with Crippen molar-refractivity contribution < 1.29 is 4.79 Å². The number of carbonyl (C=O) groups excluding carboxylic acids is 1. The van der Waals surface area contributed by atoms with Gasteiger partial charge in [0.05, 0.1) is 11.4 Å². The van der Waals surface area contributed by atoms with Gasteiger partial charge in [0.15, 0.2) is 6.29 Å². The van der Waals surface area contributed by atoms with Crippen molar-refractivity contribution in [3.8, 4) is 0 Å². The topological polar surface area (TPSA) is 34.4 Å². The molecule has 0 spiro atoms. The monoisotopic (exact) mass is 186 g/mol. The number of nitrogens with zero attached hydrogens (tertiary/aromatic N) is 2. The molecular weight excluding hydrogens is 176 g/mol. The van der Waals surface area contributed by atoms with Crippen LogP contribution in [0.4, 0.5) is 0 Å². The molecule has 70 valence electrons. The predicted molar refractivity (Wildman–Crippen MR) is 52.6 cm³/mol. The highest BCUT2D eigenvalue weighted by molar-refractivity contribution is 5.73. The first-order valence-corrected chi connectivity index (χ1v) is 4.81. The van der Waals surface area contributed by atoms with Crippen LogP contribution in [0.1, 0.15) is 34.9 Å². The van der Waals surface area contributed by atoms with Crippen LogP contribution in [0, 0.1) is 0 Å². The van der Waals surface area contributed by atoms with Crippen molar-refractivity contribution in [2.24, 2.45) is 0 Å². The van der Waals surface area contributed by atoms with Crippen molar-refractivity contribution in [2.75, 3.05) is 0 Å². The molecule has 3 heteroatoms. The average Bonchev–Trinajstić information content (AvgIpc) is 2.97. The maximum Gasteiger partial charge on any atom is 0.166 e. The third-order valence-electron chi connectivity index (χ3n) is 2.66. The number of imidazole rings is 1. The third-order valence-corrected chi connectivity index (χ3v) is 2.66. The van der Waals surface area contributed by atoms with E-state index in [1.54, 1.807) is 6.07 Å². The fourth-order valence-electron chi connectivity index (χ4n) is 1.72. The highest BCUT2D eigenvalue weighted by atomic mass is 16.1. The Hall–Kier alpha value is -1.64.